The smallest absolute Gasteiger partial charge is 0.337 e. The second-order valence-electron chi connectivity index (χ2n) is 8.13. The van der Waals surface area contributed by atoms with Crippen LogP contribution < -0.4 is 19.1 Å². The molecule has 0 fully saturated rings. The minimum absolute atomic E-state index is 0.000722. The maximum absolute atomic E-state index is 14.1. The Balaban J connectivity index is 1.68. The van der Waals surface area contributed by atoms with E-state index in [4.69, 9.17) is 9.47 Å². The van der Waals surface area contributed by atoms with E-state index < -0.39 is 40.2 Å². The van der Waals surface area contributed by atoms with Gasteiger partial charge in [0.1, 0.15) is 25.6 Å². The minimum atomic E-state index is -4.42. The molecule has 3 aromatic carbocycles. The van der Waals surface area contributed by atoms with Gasteiger partial charge < -0.3 is 24.3 Å². The molecule has 39 heavy (non-hydrogen) atoms. The number of methoxy groups -OCH3 is 2. The summed E-state index contributed by atoms with van der Waals surface area (Å²) in [7, 11) is -2.13. The third-order valence-corrected chi connectivity index (χ3v) is 7.31. The third-order valence-electron chi connectivity index (χ3n) is 5.54. The van der Waals surface area contributed by atoms with E-state index >= 15 is 0 Å². The highest BCUT2D eigenvalue weighted by atomic mass is 32.2. The minimum Gasteiger partial charge on any atom is -0.486 e. The Morgan fingerprint density at radius 3 is 2.15 bits per heavy atom. The Hall–Kier alpha value is -4.65. The Morgan fingerprint density at radius 1 is 0.897 bits per heavy atom. The van der Waals surface area contributed by atoms with Gasteiger partial charge in [-0.2, -0.15) is 0 Å². The molecule has 3 aromatic rings. The normalized spacial score (nSPS) is 12.3. The Labute approximate surface area is 223 Å². The number of sulfonamides is 1. The van der Waals surface area contributed by atoms with Crippen LogP contribution in [0.4, 0.5) is 15.8 Å². The predicted octanol–water partition coefficient (Wildman–Crippen LogP) is 3.00. The van der Waals surface area contributed by atoms with E-state index in [1.807, 2.05) is 0 Å². The van der Waals surface area contributed by atoms with Crippen molar-refractivity contribution >= 4 is 39.2 Å². The number of nitrogens with one attached hydrogen (secondary N) is 1. The summed E-state index contributed by atoms with van der Waals surface area (Å²) >= 11 is 0. The van der Waals surface area contributed by atoms with E-state index in [9.17, 15) is 27.2 Å². The molecule has 1 amide bonds. The molecule has 204 valence electrons. The first kappa shape index (κ1) is 27.4. The fraction of sp³-hybridized carbons (Fsp3) is 0.192. The molecule has 1 aliphatic rings. The van der Waals surface area contributed by atoms with Crippen molar-refractivity contribution < 1.29 is 46.1 Å². The lowest BCUT2D eigenvalue weighted by atomic mass is 10.1. The van der Waals surface area contributed by atoms with Gasteiger partial charge in [0.2, 0.25) is 5.91 Å². The molecule has 0 aromatic heterocycles. The number of esters is 2. The summed E-state index contributed by atoms with van der Waals surface area (Å²) in [5.74, 6) is -2.55. The predicted molar refractivity (Wildman–Crippen MR) is 136 cm³/mol. The van der Waals surface area contributed by atoms with Gasteiger partial charge in [-0.3, -0.25) is 9.10 Å². The quantitative estimate of drug-likeness (QED) is 0.414. The number of nitrogens with zero attached hydrogens (tertiary/aromatic N) is 1. The fourth-order valence-corrected chi connectivity index (χ4v) is 5.19. The zero-order valence-corrected chi connectivity index (χ0v) is 21.6. The number of benzene rings is 3. The van der Waals surface area contributed by atoms with Crippen LogP contribution in [0.25, 0.3) is 0 Å². The average molecular weight is 559 g/mol. The van der Waals surface area contributed by atoms with E-state index in [-0.39, 0.29) is 39.8 Å². The first-order valence-electron chi connectivity index (χ1n) is 11.4. The van der Waals surface area contributed by atoms with Gasteiger partial charge in [0.15, 0.2) is 11.5 Å². The standard InChI is InChI=1S/C26H23FN2O9S/c1-35-25(31)16-10-17(26(32)36-2)12-19(11-16)28-24(30)15-29(20-5-3-4-18(27)13-20)39(33,34)21-6-7-22-23(14-21)38-9-8-37-22/h3-7,10-14H,8-9,15H2,1-2H3,(H,28,30). The van der Waals surface area contributed by atoms with Crippen LogP contribution in [0.15, 0.2) is 65.6 Å². The Bertz CT molecular complexity index is 1510. The van der Waals surface area contributed by atoms with Crippen molar-refractivity contribution in [3.8, 4) is 11.5 Å². The molecular formula is C26H23FN2O9S. The molecule has 13 heteroatoms. The summed E-state index contributed by atoms with van der Waals surface area (Å²) in [5.41, 5.74) is -0.221. The summed E-state index contributed by atoms with van der Waals surface area (Å²) in [6, 6.07) is 12.4. The second kappa shape index (κ2) is 11.4. The lowest BCUT2D eigenvalue weighted by Gasteiger charge is -2.25. The van der Waals surface area contributed by atoms with Gasteiger partial charge >= 0.3 is 11.9 Å². The molecule has 0 unspecified atom stereocenters. The number of fused-ring (bicyclic) bond motifs is 1. The second-order valence-corrected chi connectivity index (χ2v) is 9.99. The van der Waals surface area contributed by atoms with Gasteiger partial charge in [0, 0.05) is 11.8 Å². The van der Waals surface area contributed by atoms with Gasteiger partial charge in [-0.15, -0.1) is 0 Å². The largest absolute Gasteiger partial charge is 0.486 e. The van der Waals surface area contributed by atoms with Gasteiger partial charge in [-0.05, 0) is 48.5 Å². The molecule has 1 N–H and O–H groups in total. The molecule has 4 rings (SSSR count). The van der Waals surface area contributed by atoms with Crippen molar-refractivity contribution in [1.29, 1.82) is 0 Å². The first-order chi connectivity index (χ1) is 18.6. The van der Waals surface area contributed by atoms with Crippen LogP contribution in [0.1, 0.15) is 20.7 Å². The highest BCUT2D eigenvalue weighted by Crippen LogP contribution is 2.34. The summed E-state index contributed by atoms with van der Waals surface area (Å²) < 4.78 is 62.5. The molecule has 0 radical (unpaired) electrons. The van der Waals surface area contributed by atoms with Crippen LogP contribution in [0, 0.1) is 5.82 Å². The van der Waals surface area contributed by atoms with Gasteiger partial charge in [0.25, 0.3) is 10.0 Å². The molecule has 11 nitrogen and oxygen atoms in total. The number of anilines is 2. The number of hydrogen-bond acceptors (Lipinski definition) is 9. The molecule has 0 bridgehead atoms. The number of amides is 1. The number of carbonyl (C=O) groups excluding carboxylic acids is 3. The van der Waals surface area contributed by atoms with E-state index in [1.165, 1.54) is 48.5 Å². The van der Waals surface area contributed by atoms with E-state index in [2.05, 4.69) is 14.8 Å². The van der Waals surface area contributed by atoms with Crippen LogP contribution in [0.2, 0.25) is 0 Å². The lowest BCUT2D eigenvalue weighted by molar-refractivity contribution is -0.114. The molecule has 0 saturated carbocycles. The Morgan fingerprint density at radius 2 is 1.54 bits per heavy atom. The fourth-order valence-electron chi connectivity index (χ4n) is 3.76. The van der Waals surface area contributed by atoms with Crippen molar-refractivity contribution in [2.45, 2.75) is 4.90 Å². The number of hydrogen-bond donors (Lipinski definition) is 1. The van der Waals surface area contributed by atoms with Crippen molar-refractivity contribution in [2.75, 3.05) is 43.6 Å². The maximum atomic E-state index is 14.1. The highest BCUT2D eigenvalue weighted by Gasteiger charge is 2.29. The van der Waals surface area contributed by atoms with Crippen molar-refractivity contribution in [1.82, 2.24) is 0 Å². The molecule has 0 spiro atoms. The molecule has 1 heterocycles. The summed E-state index contributed by atoms with van der Waals surface area (Å²) in [4.78, 5) is 37.0. The summed E-state index contributed by atoms with van der Waals surface area (Å²) in [6.07, 6.45) is 0. The highest BCUT2D eigenvalue weighted by molar-refractivity contribution is 7.92. The van der Waals surface area contributed by atoms with Gasteiger partial charge in [-0.25, -0.2) is 22.4 Å². The zero-order chi connectivity index (χ0) is 28.2. The summed E-state index contributed by atoms with van der Waals surface area (Å²) in [5, 5.41) is 2.47. The molecule has 0 aliphatic carbocycles. The number of carbonyl (C=O) groups is 3. The van der Waals surface area contributed by atoms with Gasteiger partial charge in [-0.1, -0.05) is 6.07 Å². The zero-order valence-electron chi connectivity index (χ0n) is 20.8. The maximum Gasteiger partial charge on any atom is 0.337 e. The monoisotopic (exact) mass is 558 g/mol. The lowest BCUT2D eigenvalue weighted by Crippen LogP contribution is -2.38. The number of rotatable bonds is 8. The molecular weight excluding hydrogens is 535 g/mol. The van der Waals surface area contributed by atoms with Crippen molar-refractivity contribution in [2.24, 2.45) is 0 Å². The number of ether oxygens (including phenoxy) is 4. The van der Waals surface area contributed by atoms with Crippen LogP contribution >= 0.6 is 0 Å². The molecule has 1 aliphatic heterocycles. The van der Waals surface area contributed by atoms with E-state index in [0.29, 0.717) is 12.4 Å². The van der Waals surface area contributed by atoms with Gasteiger partial charge in [0.05, 0.1) is 35.9 Å². The van der Waals surface area contributed by atoms with Crippen molar-refractivity contribution in [3.63, 3.8) is 0 Å². The van der Waals surface area contributed by atoms with Crippen LogP contribution in [0.3, 0.4) is 0 Å². The third kappa shape index (κ3) is 6.09. The van der Waals surface area contributed by atoms with E-state index in [1.54, 1.807) is 0 Å². The van der Waals surface area contributed by atoms with Crippen molar-refractivity contribution in [3.05, 3.63) is 77.6 Å². The SMILES string of the molecule is COC(=O)c1cc(NC(=O)CN(c2cccc(F)c2)S(=O)(=O)c2ccc3c(c2)OCCO3)cc(C(=O)OC)c1. The summed E-state index contributed by atoms with van der Waals surface area (Å²) in [6.45, 7) is -0.246. The molecule has 0 atom stereocenters. The average Bonchev–Trinajstić information content (AvgIpc) is 2.94. The molecule has 0 saturated heterocycles. The number of halogens is 1. The Kier molecular flexibility index (Phi) is 8.00. The first-order valence-corrected chi connectivity index (χ1v) is 12.9. The van der Waals surface area contributed by atoms with Crippen LogP contribution in [-0.2, 0) is 24.3 Å². The topological polar surface area (TPSA) is 138 Å². The van der Waals surface area contributed by atoms with E-state index in [0.717, 1.165) is 30.7 Å². The van der Waals surface area contributed by atoms with Crippen LogP contribution in [0.5, 0.6) is 11.5 Å². The van der Waals surface area contributed by atoms with Crippen LogP contribution in [-0.4, -0.2) is 60.2 Å².